The van der Waals surface area contributed by atoms with E-state index < -0.39 is 22.5 Å². The van der Waals surface area contributed by atoms with Crippen LogP contribution in [-0.2, 0) is 14.8 Å². The van der Waals surface area contributed by atoms with Crippen LogP contribution in [0.15, 0.2) is 71.6 Å². The second-order valence-electron chi connectivity index (χ2n) is 7.06. The van der Waals surface area contributed by atoms with Gasteiger partial charge in [0.2, 0.25) is 5.91 Å². The van der Waals surface area contributed by atoms with Crippen LogP contribution in [0.4, 0.5) is 11.4 Å². The third-order valence-electron chi connectivity index (χ3n) is 4.65. The minimum absolute atomic E-state index is 0.110. The molecule has 3 aromatic rings. The van der Waals surface area contributed by atoms with E-state index in [9.17, 15) is 13.2 Å². The zero-order valence-electron chi connectivity index (χ0n) is 17.4. The summed E-state index contributed by atoms with van der Waals surface area (Å²) in [5, 5.41) is 3.03. The van der Waals surface area contributed by atoms with Gasteiger partial charge >= 0.3 is 0 Å². The molecule has 0 saturated carbocycles. The van der Waals surface area contributed by atoms with E-state index in [1.807, 2.05) is 13.8 Å². The lowest BCUT2D eigenvalue weighted by Gasteiger charge is -2.24. The fourth-order valence-electron chi connectivity index (χ4n) is 2.94. The summed E-state index contributed by atoms with van der Waals surface area (Å²) in [5.41, 5.74) is 2.75. The summed E-state index contributed by atoms with van der Waals surface area (Å²) in [6.45, 7) is 3.38. The van der Waals surface area contributed by atoms with Crippen LogP contribution in [0, 0.1) is 13.8 Å². The lowest BCUT2D eigenvalue weighted by Crippen LogP contribution is -2.38. The number of carbonyl (C=O) groups is 1. The highest BCUT2D eigenvalue weighted by molar-refractivity contribution is 7.92. The predicted molar refractivity (Wildman–Crippen MR) is 124 cm³/mol. The Morgan fingerprint density at radius 3 is 2.10 bits per heavy atom. The molecule has 1 N–H and O–H groups in total. The van der Waals surface area contributed by atoms with Gasteiger partial charge in [-0.15, -0.1) is 0 Å². The Hall–Kier alpha value is -3.03. The lowest BCUT2D eigenvalue weighted by atomic mass is 10.2. The van der Waals surface area contributed by atoms with Gasteiger partial charge in [-0.2, -0.15) is 0 Å². The molecule has 0 aliphatic rings. The second kappa shape index (κ2) is 9.41. The Kier molecular flexibility index (Phi) is 6.87. The minimum atomic E-state index is -3.96. The number of sulfonamides is 1. The number of methoxy groups -OCH3 is 1. The van der Waals surface area contributed by atoms with E-state index in [4.69, 9.17) is 16.3 Å². The zero-order valence-corrected chi connectivity index (χ0v) is 19.0. The van der Waals surface area contributed by atoms with Gasteiger partial charge < -0.3 is 10.1 Å². The van der Waals surface area contributed by atoms with Crippen LogP contribution in [0.5, 0.6) is 5.75 Å². The highest BCUT2D eigenvalue weighted by Crippen LogP contribution is 2.28. The Morgan fingerprint density at radius 1 is 0.968 bits per heavy atom. The molecule has 0 aliphatic carbocycles. The molecular weight excluding hydrogens is 436 g/mol. The van der Waals surface area contributed by atoms with E-state index in [0.717, 1.165) is 15.4 Å². The van der Waals surface area contributed by atoms with Crippen molar-refractivity contribution in [1.82, 2.24) is 0 Å². The molecule has 3 rings (SSSR count). The van der Waals surface area contributed by atoms with Crippen LogP contribution in [0.1, 0.15) is 11.1 Å². The van der Waals surface area contributed by atoms with Crippen molar-refractivity contribution in [2.24, 2.45) is 0 Å². The number of aryl methyl sites for hydroxylation is 2. The van der Waals surface area contributed by atoms with E-state index in [1.165, 1.54) is 19.2 Å². The molecule has 31 heavy (non-hydrogen) atoms. The number of ether oxygens (including phenoxy) is 1. The predicted octanol–water partition coefficient (Wildman–Crippen LogP) is 4.80. The molecule has 0 unspecified atom stereocenters. The molecule has 0 spiro atoms. The summed E-state index contributed by atoms with van der Waals surface area (Å²) in [6.07, 6.45) is 0. The first-order valence-electron chi connectivity index (χ1n) is 9.50. The van der Waals surface area contributed by atoms with Gasteiger partial charge in [0.1, 0.15) is 12.3 Å². The molecule has 162 valence electrons. The standard InChI is InChI=1S/C23H23ClN2O4S/c1-16-4-9-19(10-5-16)26(31(28,29)20-11-6-17(2)7-12-20)15-23(27)25-18-8-13-22(30-3)21(24)14-18/h4-14H,15H2,1-3H3,(H,25,27). The number of anilines is 2. The average Bonchev–Trinajstić information content (AvgIpc) is 2.73. The number of hydrogen-bond acceptors (Lipinski definition) is 4. The molecule has 6 nitrogen and oxygen atoms in total. The first kappa shape index (κ1) is 22.7. The van der Waals surface area contributed by atoms with Gasteiger partial charge in [-0.3, -0.25) is 9.10 Å². The molecular formula is C23H23ClN2O4S. The minimum Gasteiger partial charge on any atom is -0.495 e. The van der Waals surface area contributed by atoms with Gasteiger partial charge in [-0.1, -0.05) is 47.0 Å². The van der Waals surface area contributed by atoms with Crippen LogP contribution in [0.3, 0.4) is 0 Å². The van der Waals surface area contributed by atoms with E-state index in [-0.39, 0.29) is 4.90 Å². The Morgan fingerprint density at radius 2 is 1.55 bits per heavy atom. The van der Waals surface area contributed by atoms with Crippen LogP contribution in [-0.4, -0.2) is 28.0 Å². The summed E-state index contributed by atoms with van der Waals surface area (Å²) in [7, 11) is -2.47. The Labute approximate surface area is 187 Å². The summed E-state index contributed by atoms with van der Waals surface area (Å²) >= 11 is 6.11. The third-order valence-corrected chi connectivity index (χ3v) is 6.74. The van der Waals surface area contributed by atoms with Crippen molar-refractivity contribution < 1.29 is 17.9 Å². The molecule has 0 aliphatic heterocycles. The molecule has 0 atom stereocenters. The zero-order chi connectivity index (χ0) is 22.6. The van der Waals surface area contributed by atoms with E-state index >= 15 is 0 Å². The van der Waals surface area contributed by atoms with Gasteiger partial charge in [-0.05, 0) is 56.3 Å². The Balaban J connectivity index is 1.91. The van der Waals surface area contributed by atoms with Crippen LogP contribution >= 0.6 is 11.6 Å². The number of amides is 1. The molecule has 0 saturated heterocycles. The average molecular weight is 459 g/mol. The molecule has 8 heteroatoms. The molecule has 3 aromatic carbocycles. The summed E-state index contributed by atoms with van der Waals surface area (Å²) in [6, 6.07) is 18.3. The molecule has 0 radical (unpaired) electrons. The fraction of sp³-hybridized carbons (Fsp3) is 0.174. The number of rotatable bonds is 7. The number of hydrogen-bond donors (Lipinski definition) is 1. The number of benzene rings is 3. The highest BCUT2D eigenvalue weighted by atomic mass is 35.5. The van der Waals surface area contributed by atoms with Gasteiger partial charge in [0, 0.05) is 5.69 Å². The van der Waals surface area contributed by atoms with Crippen molar-refractivity contribution in [3.8, 4) is 5.75 Å². The van der Waals surface area contributed by atoms with Gasteiger partial charge in [0.25, 0.3) is 10.0 Å². The smallest absolute Gasteiger partial charge is 0.264 e. The highest BCUT2D eigenvalue weighted by Gasteiger charge is 2.27. The second-order valence-corrected chi connectivity index (χ2v) is 9.33. The Bertz CT molecular complexity index is 1180. The van der Waals surface area contributed by atoms with Crippen LogP contribution < -0.4 is 14.4 Å². The molecule has 0 heterocycles. The molecule has 0 bridgehead atoms. The van der Waals surface area contributed by atoms with Crippen molar-refractivity contribution in [3.63, 3.8) is 0 Å². The number of carbonyl (C=O) groups excluding carboxylic acids is 1. The summed E-state index contributed by atoms with van der Waals surface area (Å²) in [5.74, 6) is -0.0274. The number of nitrogens with one attached hydrogen (secondary N) is 1. The van der Waals surface area contributed by atoms with Gasteiger partial charge in [-0.25, -0.2) is 8.42 Å². The molecule has 1 amide bonds. The lowest BCUT2D eigenvalue weighted by molar-refractivity contribution is -0.114. The third kappa shape index (κ3) is 5.37. The first-order chi connectivity index (χ1) is 14.7. The monoisotopic (exact) mass is 458 g/mol. The van der Waals surface area contributed by atoms with Crippen molar-refractivity contribution in [2.75, 3.05) is 23.3 Å². The van der Waals surface area contributed by atoms with Crippen LogP contribution in [0.25, 0.3) is 0 Å². The molecule has 0 fully saturated rings. The maximum Gasteiger partial charge on any atom is 0.264 e. The maximum absolute atomic E-state index is 13.4. The van der Waals surface area contributed by atoms with Gasteiger partial charge in [0.15, 0.2) is 0 Å². The van der Waals surface area contributed by atoms with E-state index in [0.29, 0.717) is 22.1 Å². The van der Waals surface area contributed by atoms with Crippen molar-refractivity contribution in [3.05, 3.63) is 82.9 Å². The normalized spacial score (nSPS) is 11.1. The fourth-order valence-corrected chi connectivity index (χ4v) is 4.62. The van der Waals surface area contributed by atoms with Crippen molar-refractivity contribution >= 4 is 38.9 Å². The van der Waals surface area contributed by atoms with E-state index in [1.54, 1.807) is 54.6 Å². The van der Waals surface area contributed by atoms with Crippen LogP contribution in [0.2, 0.25) is 5.02 Å². The molecule has 0 aromatic heterocycles. The van der Waals surface area contributed by atoms with Crippen molar-refractivity contribution in [2.45, 2.75) is 18.7 Å². The maximum atomic E-state index is 13.4. The SMILES string of the molecule is COc1ccc(NC(=O)CN(c2ccc(C)cc2)S(=O)(=O)c2ccc(C)cc2)cc1Cl. The van der Waals surface area contributed by atoms with Gasteiger partial charge in [0.05, 0.1) is 22.7 Å². The topological polar surface area (TPSA) is 75.7 Å². The number of halogens is 1. The van der Waals surface area contributed by atoms with E-state index in [2.05, 4.69) is 5.32 Å². The number of nitrogens with zero attached hydrogens (tertiary/aromatic N) is 1. The quantitative estimate of drug-likeness (QED) is 0.551. The van der Waals surface area contributed by atoms with Crippen molar-refractivity contribution in [1.29, 1.82) is 0 Å². The summed E-state index contributed by atoms with van der Waals surface area (Å²) < 4.78 is 32.9. The first-order valence-corrected chi connectivity index (χ1v) is 11.3. The largest absolute Gasteiger partial charge is 0.495 e. The summed E-state index contributed by atoms with van der Waals surface area (Å²) in [4.78, 5) is 12.9.